The number of benzene rings is 2. The normalized spacial score (nSPS) is 13.4. The molecule has 35 heavy (non-hydrogen) atoms. The zero-order valence-electron chi connectivity index (χ0n) is 17.6. The first kappa shape index (κ1) is 24.0. The molecule has 0 saturated heterocycles. The molecule has 0 atom stereocenters. The van der Waals surface area contributed by atoms with Crippen molar-refractivity contribution in [3.8, 4) is 11.5 Å². The fraction of sp³-hybridized carbons (Fsp3) is 0.174. The number of anilines is 1. The number of rotatable bonds is 6. The predicted octanol–water partition coefficient (Wildman–Crippen LogP) is 5.54. The minimum Gasteiger partial charge on any atom is -0.453 e. The minimum atomic E-state index is -5.17. The maximum atomic E-state index is 15.0. The van der Waals surface area contributed by atoms with Gasteiger partial charge in [0, 0.05) is 17.4 Å². The number of nitrogens with two attached hydrogens (primary N) is 1. The Morgan fingerprint density at radius 1 is 1.03 bits per heavy atom. The number of ether oxygens (including phenoxy) is 1. The van der Waals surface area contributed by atoms with Crippen LogP contribution in [0.4, 0.5) is 32.0 Å². The van der Waals surface area contributed by atoms with Crippen LogP contribution in [0.2, 0.25) is 0 Å². The largest absolute Gasteiger partial charge is 0.453 e. The van der Waals surface area contributed by atoms with Crippen molar-refractivity contribution < 1.29 is 40.7 Å². The lowest BCUT2D eigenvalue weighted by Crippen LogP contribution is -2.20. The van der Waals surface area contributed by atoms with Crippen molar-refractivity contribution in [2.75, 3.05) is 5.32 Å². The summed E-state index contributed by atoms with van der Waals surface area (Å²) in [6.45, 7) is 0. The van der Waals surface area contributed by atoms with Gasteiger partial charge in [-0.2, -0.15) is 13.2 Å². The topological polar surface area (TPSA) is 94.3 Å². The van der Waals surface area contributed by atoms with Crippen LogP contribution in [0, 0.1) is 17.5 Å². The van der Waals surface area contributed by atoms with Gasteiger partial charge in [-0.1, -0.05) is 0 Å². The van der Waals surface area contributed by atoms with E-state index in [2.05, 4.69) is 10.3 Å². The molecule has 0 bridgehead atoms. The number of carbonyl (C=O) groups excluding carboxylic acids is 2. The Balaban J connectivity index is 1.80. The second kappa shape index (κ2) is 8.93. The maximum Gasteiger partial charge on any atom is 0.419 e. The van der Waals surface area contributed by atoms with E-state index in [1.807, 2.05) is 0 Å². The lowest BCUT2D eigenvalue weighted by atomic mass is 10.1. The highest BCUT2D eigenvalue weighted by Gasteiger charge is 2.38. The summed E-state index contributed by atoms with van der Waals surface area (Å²) in [6, 6.07) is 4.78. The molecule has 3 aromatic rings. The third-order valence-corrected chi connectivity index (χ3v) is 5.20. The molecule has 1 aliphatic carbocycles. The number of alkyl halides is 3. The van der Waals surface area contributed by atoms with Gasteiger partial charge in [-0.15, -0.1) is 0 Å². The highest BCUT2D eigenvalue weighted by atomic mass is 19.4. The van der Waals surface area contributed by atoms with E-state index in [0.29, 0.717) is 25.0 Å². The van der Waals surface area contributed by atoms with Gasteiger partial charge < -0.3 is 15.8 Å². The molecule has 1 aliphatic rings. The molecule has 0 radical (unpaired) electrons. The summed E-state index contributed by atoms with van der Waals surface area (Å²) in [6.07, 6.45) is -3.04. The summed E-state index contributed by atoms with van der Waals surface area (Å²) in [5.74, 6) is -8.01. The third kappa shape index (κ3) is 4.91. The summed E-state index contributed by atoms with van der Waals surface area (Å²) >= 11 is 0. The van der Waals surface area contributed by atoms with E-state index >= 15 is 4.39 Å². The van der Waals surface area contributed by atoms with Gasteiger partial charge in [-0.05, 0) is 55.2 Å². The Kier molecular flexibility index (Phi) is 6.14. The molecule has 6 nitrogen and oxygen atoms in total. The number of halogens is 6. The zero-order valence-corrected chi connectivity index (χ0v) is 17.6. The molecular weight excluding hydrogens is 480 g/mol. The van der Waals surface area contributed by atoms with Crippen LogP contribution in [-0.4, -0.2) is 16.8 Å². The number of hydrogen-bond donors (Lipinski definition) is 2. The second-order valence-corrected chi connectivity index (χ2v) is 7.69. The van der Waals surface area contributed by atoms with Gasteiger partial charge in [-0.3, -0.25) is 14.6 Å². The van der Waals surface area contributed by atoms with Gasteiger partial charge in [0.15, 0.2) is 17.4 Å². The van der Waals surface area contributed by atoms with Crippen LogP contribution >= 0.6 is 0 Å². The SMILES string of the molecule is NC(=O)c1cc(NC(=O)c2c(Oc3c(F)ccc(F)c3C3CC3)ccc(C(F)(F)F)c2F)ccn1. The monoisotopic (exact) mass is 495 g/mol. The van der Waals surface area contributed by atoms with Crippen molar-refractivity contribution in [1.82, 2.24) is 4.98 Å². The molecule has 0 aliphatic heterocycles. The van der Waals surface area contributed by atoms with E-state index in [1.165, 1.54) is 6.07 Å². The Morgan fingerprint density at radius 2 is 1.71 bits per heavy atom. The average Bonchev–Trinajstić information content (AvgIpc) is 3.60. The van der Waals surface area contributed by atoms with Gasteiger partial charge >= 0.3 is 6.18 Å². The van der Waals surface area contributed by atoms with Crippen molar-refractivity contribution in [2.24, 2.45) is 5.73 Å². The van der Waals surface area contributed by atoms with Crippen LogP contribution in [0.25, 0.3) is 0 Å². The molecule has 0 spiro atoms. The molecule has 1 saturated carbocycles. The van der Waals surface area contributed by atoms with Crippen molar-refractivity contribution in [2.45, 2.75) is 24.9 Å². The molecule has 3 N–H and O–H groups in total. The summed E-state index contributed by atoms with van der Waals surface area (Å²) in [7, 11) is 0. The first-order valence-corrected chi connectivity index (χ1v) is 10.1. The molecule has 1 aromatic heterocycles. The lowest BCUT2D eigenvalue weighted by molar-refractivity contribution is -0.140. The first-order chi connectivity index (χ1) is 16.5. The Hall–Kier alpha value is -4.09. The summed E-state index contributed by atoms with van der Waals surface area (Å²) in [5.41, 5.74) is 1.56. The van der Waals surface area contributed by atoms with Crippen molar-refractivity contribution >= 4 is 17.5 Å². The van der Waals surface area contributed by atoms with Gasteiger partial charge in [0.25, 0.3) is 11.8 Å². The van der Waals surface area contributed by atoms with Crippen molar-refractivity contribution in [1.29, 1.82) is 0 Å². The standard InChI is InChI=1S/C23H15F6N3O3/c24-13-4-5-14(25)20(17(13)10-1-2-10)35-16-6-3-12(23(27,28)29)19(26)18(16)22(34)32-11-7-8-31-15(9-11)21(30)33/h3-10H,1-2H2,(H2,30,33)(H,31,32,34). The third-order valence-electron chi connectivity index (χ3n) is 5.20. The summed E-state index contributed by atoms with van der Waals surface area (Å²) in [4.78, 5) is 27.8. The number of primary amides is 1. The lowest BCUT2D eigenvalue weighted by Gasteiger charge is -2.18. The van der Waals surface area contributed by atoms with E-state index < -0.39 is 58.1 Å². The summed E-state index contributed by atoms with van der Waals surface area (Å²) in [5, 5.41) is 2.13. The molecule has 4 rings (SSSR count). The predicted molar refractivity (Wildman–Crippen MR) is 111 cm³/mol. The second-order valence-electron chi connectivity index (χ2n) is 7.69. The smallest absolute Gasteiger partial charge is 0.419 e. The quantitative estimate of drug-likeness (QED) is 0.439. The maximum absolute atomic E-state index is 15.0. The van der Waals surface area contributed by atoms with Crippen molar-refractivity contribution in [3.63, 3.8) is 0 Å². The molecule has 2 amide bonds. The van der Waals surface area contributed by atoms with E-state index in [-0.39, 0.29) is 22.9 Å². The van der Waals surface area contributed by atoms with E-state index in [4.69, 9.17) is 10.5 Å². The number of amides is 2. The highest BCUT2D eigenvalue weighted by Crippen LogP contribution is 2.48. The van der Waals surface area contributed by atoms with Crippen LogP contribution in [-0.2, 0) is 6.18 Å². The number of carbonyl (C=O) groups is 2. The van der Waals surface area contributed by atoms with Crippen LogP contribution in [0.15, 0.2) is 42.6 Å². The number of aromatic nitrogens is 1. The van der Waals surface area contributed by atoms with Gasteiger partial charge in [0.05, 0.1) is 5.56 Å². The highest BCUT2D eigenvalue weighted by molar-refractivity contribution is 6.07. The van der Waals surface area contributed by atoms with E-state index in [0.717, 1.165) is 24.4 Å². The molecule has 1 fully saturated rings. The summed E-state index contributed by atoms with van der Waals surface area (Å²) < 4.78 is 89.3. The van der Waals surface area contributed by atoms with Crippen LogP contribution < -0.4 is 15.8 Å². The van der Waals surface area contributed by atoms with Gasteiger partial charge in [-0.25, -0.2) is 13.2 Å². The number of pyridine rings is 1. The number of hydrogen-bond acceptors (Lipinski definition) is 4. The minimum absolute atomic E-state index is 0.142. The van der Waals surface area contributed by atoms with E-state index in [9.17, 15) is 31.5 Å². The van der Waals surface area contributed by atoms with Gasteiger partial charge in [0.2, 0.25) is 0 Å². The van der Waals surface area contributed by atoms with Crippen LogP contribution in [0.1, 0.15) is 50.7 Å². The average molecular weight is 495 g/mol. The fourth-order valence-electron chi connectivity index (χ4n) is 3.43. The molecule has 1 heterocycles. The van der Waals surface area contributed by atoms with E-state index in [1.54, 1.807) is 0 Å². The molecule has 2 aromatic carbocycles. The molecule has 182 valence electrons. The van der Waals surface area contributed by atoms with Crippen molar-refractivity contribution in [3.05, 3.63) is 82.4 Å². The van der Waals surface area contributed by atoms with Crippen LogP contribution in [0.5, 0.6) is 11.5 Å². The Labute approximate surface area is 193 Å². The molecule has 0 unspecified atom stereocenters. The zero-order chi connectivity index (χ0) is 25.5. The molecular formula is C23H15F6N3O3. The fourth-order valence-corrected chi connectivity index (χ4v) is 3.43. The molecule has 12 heteroatoms. The number of nitrogens with one attached hydrogen (secondary N) is 1. The van der Waals surface area contributed by atoms with Crippen LogP contribution in [0.3, 0.4) is 0 Å². The Morgan fingerprint density at radius 3 is 2.34 bits per heavy atom. The first-order valence-electron chi connectivity index (χ1n) is 10.1. The van der Waals surface area contributed by atoms with Gasteiger partial charge in [0.1, 0.15) is 22.8 Å². The Bertz CT molecular complexity index is 1340. The number of nitrogens with zero attached hydrogens (tertiary/aromatic N) is 1.